The van der Waals surface area contributed by atoms with Gasteiger partial charge in [-0.1, -0.05) is 30.3 Å². The normalized spacial score (nSPS) is 12.1. The lowest BCUT2D eigenvalue weighted by molar-refractivity contribution is 0.0929. The number of amides is 1. The second-order valence-electron chi connectivity index (χ2n) is 9.13. The topological polar surface area (TPSA) is 107 Å². The molecule has 2 heterocycles. The van der Waals surface area contributed by atoms with Gasteiger partial charge in [0.25, 0.3) is 5.91 Å². The van der Waals surface area contributed by atoms with Crippen LogP contribution in [0.15, 0.2) is 109 Å². The van der Waals surface area contributed by atoms with Crippen LogP contribution < -0.4 is 15.8 Å². The Morgan fingerprint density at radius 2 is 1.83 bits per heavy atom. The molecule has 10 heteroatoms. The molecular formula is C31H26F2N6O2. The third-order valence-corrected chi connectivity index (χ3v) is 6.42. The highest BCUT2D eigenvalue weighted by Gasteiger charge is 2.22. The van der Waals surface area contributed by atoms with E-state index < -0.39 is 17.8 Å². The fraction of sp³-hybridized carbons (Fsp3) is 0.0968. The summed E-state index contributed by atoms with van der Waals surface area (Å²) in [7, 11) is 1.44. The van der Waals surface area contributed by atoms with Crippen LogP contribution in [0, 0.1) is 11.6 Å². The van der Waals surface area contributed by atoms with Crippen LogP contribution >= 0.6 is 0 Å². The largest absolute Gasteiger partial charge is 0.496 e. The minimum absolute atomic E-state index is 0.213. The summed E-state index contributed by atoms with van der Waals surface area (Å²) < 4.78 is 36.1. The molecule has 3 N–H and O–H groups in total. The molecule has 1 amide bonds. The fourth-order valence-electron chi connectivity index (χ4n) is 4.34. The van der Waals surface area contributed by atoms with Crippen LogP contribution in [0.5, 0.6) is 5.75 Å². The number of aliphatic imine (C=N–C) groups is 1. The number of nitrogens with two attached hydrogens (primary N) is 1. The molecule has 0 saturated carbocycles. The van der Waals surface area contributed by atoms with Crippen molar-refractivity contribution < 1.29 is 18.3 Å². The fourth-order valence-corrected chi connectivity index (χ4v) is 4.34. The number of aromatic nitrogens is 3. The predicted molar refractivity (Wildman–Crippen MR) is 152 cm³/mol. The molecule has 206 valence electrons. The Hall–Kier alpha value is -5.38. The van der Waals surface area contributed by atoms with Gasteiger partial charge in [-0.3, -0.25) is 9.78 Å². The number of benzene rings is 3. The van der Waals surface area contributed by atoms with Gasteiger partial charge in [-0.05, 0) is 53.6 Å². The number of hydrogen-bond acceptors (Lipinski definition) is 5. The first kappa shape index (κ1) is 27.2. The van der Waals surface area contributed by atoms with Gasteiger partial charge in [0.1, 0.15) is 28.9 Å². The Labute approximate surface area is 235 Å². The van der Waals surface area contributed by atoms with E-state index in [4.69, 9.17) is 10.5 Å². The van der Waals surface area contributed by atoms with Crippen molar-refractivity contribution in [2.75, 3.05) is 7.11 Å². The molecule has 41 heavy (non-hydrogen) atoms. The average molecular weight is 553 g/mol. The molecule has 2 aromatic heterocycles. The third-order valence-electron chi connectivity index (χ3n) is 6.42. The highest BCUT2D eigenvalue weighted by molar-refractivity contribution is 5.99. The summed E-state index contributed by atoms with van der Waals surface area (Å²) in [5.74, 6) is -0.877. The lowest BCUT2D eigenvalue weighted by Crippen LogP contribution is -2.32. The van der Waals surface area contributed by atoms with Crippen LogP contribution in [0.1, 0.15) is 27.7 Å². The summed E-state index contributed by atoms with van der Waals surface area (Å²) in [6.45, 7) is 0.226. The lowest BCUT2D eigenvalue weighted by Gasteiger charge is -2.21. The van der Waals surface area contributed by atoms with Crippen molar-refractivity contribution in [1.82, 2.24) is 19.9 Å². The molecule has 0 radical (unpaired) electrons. The molecule has 8 nitrogen and oxygen atoms in total. The van der Waals surface area contributed by atoms with E-state index in [-0.39, 0.29) is 35.1 Å². The number of imidazole rings is 1. The van der Waals surface area contributed by atoms with Crippen LogP contribution in [-0.4, -0.2) is 33.4 Å². The van der Waals surface area contributed by atoms with E-state index in [0.717, 1.165) is 0 Å². The average Bonchev–Trinajstić information content (AvgIpc) is 3.50. The predicted octanol–water partition coefficient (Wildman–Crippen LogP) is 5.44. The summed E-state index contributed by atoms with van der Waals surface area (Å²) in [4.78, 5) is 26.1. The molecule has 0 aliphatic carbocycles. The van der Waals surface area contributed by atoms with Crippen LogP contribution in [0.25, 0.3) is 11.1 Å². The second kappa shape index (κ2) is 12.2. The first-order valence-electron chi connectivity index (χ1n) is 12.7. The van der Waals surface area contributed by atoms with Crippen LogP contribution in [-0.2, 0) is 6.54 Å². The summed E-state index contributed by atoms with van der Waals surface area (Å²) in [6, 6.07) is 19.9. The summed E-state index contributed by atoms with van der Waals surface area (Å²) >= 11 is 0. The van der Waals surface area contributed by atoms with Crippen LogP contribution in [0.3, 0.4) is 0 Å². The van der Waals surface area contributed by atoms with Gasteiger partial charge < -0.3 is 20.4 Å². The van der Waals surface area contributed by atoms with E-state index in [9.17, 15) is 9.18 Å². The summed E-state index contributed by atoms with van der Waals surface area (Å²) in [6.07, 6.45) is 6.53. The zero-order chi connectivity index (χ0) is 28.8. The number of amidine groups is 1. The Morgan fingerprint density at radius 1 is 1.02 bits per heavy atom. The van der Waals surface area contributed by atoms with Crippen molar-refractivity contribution >= 4 is 17.4 Å². The van der Waals surface area contributed by atoms with Crippen molar-refractivity contribution in [2.24, 2.45) is 10.7 Å². The van der Waals surface area contributed by atoms with Gasteiger partial charge in [0, 0.05) is 36.8 Å². The summed E-state index contributed by atoms with van der Waals surface area (Å²) in [5.41, 5.74) is 8.85. The van der Waals surface area contributed by atoms with Crippen molar-refractivity contribution in [2.45, 2.75) is 12.6 Å². The van der Waals surface area contributed by atoms with Crippen molar-refractivity contribution in [3.8, 4) is 16.9 Å². The minimum atomic E-state index is -0.749. The van der Waals surface area contributed by atoms with Crippen LogP contribution in [0.4, 0.5) is 14.5 Å². The highest BCUT2D eigenvalue weighted by Crippen LogP contribution is 2.29. The molecular weight excluding hydrogens is 526 g/mol. The van der Waals surface area contributed by atoms with Crippen molar-refractivity contribution in [1.29, 1.82) is 0 Å². The quantitative estimate of drug-likeness (QED) is 0.187. The molecule has 3 aromatic carbocycles. The van der Waals surface area contributed by atoms with Crippen LogP contribution in [0.2, 0.25) is 0 Å². The number of ether oxygens (including phenoxy) is 1. The number of halogens is 2. The van der Waals surface area contributed by atoms with Gasteiger partial charge in [-0.25, -0.2) is 18.8 Å². The zero-order valence-electron chi connectivity index (χ0n) is 22.0. The first-order chi connectivity index (χ1) is 19.9. The lowest BCUT2D eigenvalue weighted by atomic mass is 9.99. The summed E-state index contributed by atoms with van der Waals surface area (Å²) in [5, 5.41) is 2.93. The zero-order valence-corrected chi connectivity index (χ0v) is 22.0. The molecule has 5 aromatic rings. The second-order valence-corrected chi connectivity index (χ2v) is 9.13. The maximum atomic E-state index is 15.5. The van der Waals surface area contributed by atoms with E-state index in [1.165, 1.54) is 25.3 Å². The van der Waals surface area contributed by atoms with Gasteiger partial charge in [0.05, 0.1) is 30.7 Å². The standard InChI is InChI=1S/C31H26F2N6O2/c1-41-29-17-23(37-30(34)27-4-2-3-13-36-27)10-12-25(29)31(40)38-28(18-39-15-14-35-19-39)24-11-7-21(16-26(24)33)20-5-8-22(32)9-6-20/h2-17,19,28H,18H2,1H3,(H2,34,37)(H,38,40). The molecule has 0 aliphatic rings. The monoisotopic (exact) mass is 552 g/mol. The number of nitrogens with zero attached hydrogens (tertiary/aromatic N) is 4. The Kier molecular flexibility index (Phi) is 8.10. The van der Waals surface area contributed by atoms with Gasteiger partial charge in [0.2, 0.25) is 0 Å². The Balaban J connectivity index is 1.42. The van der Waals surface area contributed by atoms with Gasteiger partial charge in [0.15, 0.2) is 0 Å². The molecule has 0 bridgehead atoms. The van der Waals surface area contributed by atoms with Crippen molar-refractivity contribution in [3.63, 3.8) is 0 Å². The Morgan fingerprint density at radius 3 is 2.51 bits per heavy atom. The van der Waals surface area contributed by atoms with E-state index in [2.05, 4.69) is 20.3 Å². The molecule has 0 saturated heterocycles. The number of rotatable bonds is 9. The third kappa shape index (κ3) is 6.44. The molecule has 0 aliphatic heterocycles. The molecule has 1 atom stereocenters. The number of carbonyl (C=O) groups is 1. The van der Waals surface area contributed by atoms with Gasteiger partial charge in [-0.15, -0.1) is 0 Å². The van der Waals surface area contributed by atoms with E-state index >= 15 is 4.39 Å². The highest BCUT2D eigenvalue weighted by atomic mass is 19.1. The maximum Gasteiger partial charge on any atom is 0.255 e. The van der Waals surface area contributed by atoms with Crippen molar-refractivity contribution in [3.05, 3.63) is 132 Å². The Bertz CT molecular complexity index is 1670. The van der Waals surface area contributed by atoms with Gasteiger partial charge in [-0.2, -0.15) is 0 Å². The minimum Gasteiger partial charge on any atom is -0.496 e. The first-order valence-corrected chi connectivity index (χ1v) is 12.7. The molecule has 5 rings (SSSR count). The van der Waals surface area contributed by atoms with E-state index in [1.807, 2.05) is 0 Å². The number of nitrogens with one attached hydrogen (secondary N) is 1. The smallest absolute Gasteiger partial charge is 0.255 e. The number of hydrogen-bond donors (Lipinski definition) is 2. The molecule has 1 unspecified atom stereocenters. The van der Waals surface area contributed by atoms with E-state index in [1.54, 1.807) is 90.1 Å². The number of methoxy groups -OCH3 is 1. The molecule has 0 spiro atoms. The SMILES string of the molecule is COc1cc(N=C(N)c2ccccn2)ccc1C(=O)NC(Cn1ccnc1)c1ccc(-c2ccc(F)cc2)cc1F. The molecule has 0 fully saturated rings. The maximum absolute atomic E-state index is 15.5. The number of carbonyl (C=O) groups excluding carboxylic acids is 1. The van der Waals surface area contributed by atoms with Gasteiger partial charge >= 0.3 is 0 Å². The number of pyridine rings is 1. The van der Waals surface area contributed by atoms with E-state index in [0.29, 0.717) is 22.5 Å².